The summed E-state index contributed by atoms with van der Waals surface area (Å²) < 4.78 is 55.6. The van der Waals surface area contributed by atoms with E-state index in [9.17, 15) is 27.2 Å². The van der Waals surface area contributed by atoms with Gasteiger partial charge in [-0.3, -0.25) is 14.6 Å². The van der Waals surface area contributed by atoms with Gasteiger partial charge in [-0.05, 0) is 47.5 Å². The molecule has 0 aliphatic carbocycles. The van der Waals surface area contributed by atoms with Gasteiger partial charge in [-0.25, -0.2) is 4.39 Å². The van der Waals surface area contributed by atoms with E-state index in [1.54, 1.807) is 6.07 Å². The number of carbonyl (C=O) groups excluding carboxylic acids is 2. The van der Waals surface area contributed by atoms with Gasteiger partial charge in [0.05, 0.1) is 12.5 Å². The summed E-state index contributed by atoms with van der Waals surface area (Å²) in [5, 5.41) is 5.31. The van der Waals surface area contributed by atoms with Crippen molar-refractivity contribution in [2.75, 3.05) is 5.32 Å². The highest BCUT2D eigenvalue weighted by molar-refractivity contribution is 6.02. The van der Waals surface area contributed by atoms with Crippen molar-refractivity contribution in [3.8, 4) is 5.75 Å². The summed E-state index contributed by atoms with van der Waals surface area (Å²) in [6.07, 6.45) is -3.31. The first-order valence-corrected chi connectivity index (χ1v) is 9.39. The number of ether oxygens (including phenoxy) is 1. The van der Waals surface area contributed by atoms with Gasteiger partial charge in [0.25, 0.3) is 5.91 Å². The van der Waals surface area contributed by atoms with Crippen molar-refractivity contribution in [3.05, 3.63) is 89.0 Å². The van der Waals surface area contributed by atoms with Crippen LogP contribution in [0, 0.1) is 5.82 Å². The van der Waals surface area contributed by atoms with Crippen LogP contribution in [0.3, 0.4) is 0 Å². The fraction of sp³-hybridized carbons (Fsp3) is 0.136. The third-order valence-electron chi connectivity index (χ3n) is 4.78. The molecule has 10 heteroatoms. The fourth-order valence-corrected chi connectivity index (χ4v) is 3.35. The lowest BCUT2D eigenvalue weighted by molar-refractivity contribution is -0.274. The number of amides is 2. The summed E-state index contributed by atoms with van der Waals surface area (Å²) in [6, 6.07) is 10.8. The van der Waals surface area contributed by atoms with Crippen LogP contribution in [0.1, 0.15) is 33.2 Å². The van der Waals surface area contributed by atoms with Crippen LogP contribution in [0.15, 0.2) is 60.8 Å². The Hall–Kier alpha value is -3.95. The first kappa shape index (κ1) is 21.3. The molecule has 1 aliphatic heterocycles. The molecular formula is C22H15F4N3O3. The molecule has 0 saturated heterocycles. The largest absolute Gasteiger partial charge is 0.573 e. The zero-order valence-electron chi connectivity index (χ0n) is 16.2. The van der Waals surface area contributed by atoms with Crippen LogP contribution in [-0.2, 0) is 11.2 Å². The molecule has 32 heavy (non-hydrogen) atoms. The number of nitrogens with zero attached hydrogens (tertiary/aromatic N) is 1. The number of fused-ring (bicyclic) bond motifs is 1. The van der Waals surface area contributed by atoms with Crippen LogP contribution in [-0.4, -0.2) is 23.2 Å². The Morgan fingerprint density at radius 3 is 2.56 bits per heavy atom. The molecule has 4 rings (SSSR count). The van der Waals surface area contributed by atoms with Gasteiger partial charge in [-0.2, -0.15) is 0 Å². The number of halogens is 4. The molecular weight excluding hydrogens is 430 g/mol. The summed E-state index contributed by atoms with van der Waals surface area (Å²) in [5.74, 6) is -1.93. The number of aromatic nitrogens is 1. The molecule has 0 bridgehead atoms. The summed E-state index contributed by atoms with van der Waals surface area (Å²) in [7, 11) is 0. The van der Waals surface area contributed by atoms with Gasteiger partial charge in [-0.1, -0.05) is 18.2 Å². The van der Waals surface area contributed by atoms with Gasteiger partial charge in [-0.15, -0.1) is 13.2 Å². The highest BCUT2D eigenvalue weighted by Crippen LogP contribution is 2.29. The molecule has 0 radical (unpaired) electrons. The molecule has 3 aromatic rings. The standard InChI is InChI=1S/C22H15F4N3O3/c23-16-2-1-9-27-20(16)19(12-5-7-15(8-6-12)32-22(24,25)26)29-21(31)14-4-3-13-11-18(30)28-17(13)10-14/h1-10,19H,11H2,(H,28,30)(H,29,31)/t19-/m0/s1. The van der Waals surface area contributed by atoms with Crippen LogP contribution in [0.2, 0.25) is 0 Å². The quantitative estimate of drug-likeness (QED) is 0.579. The van der Waals surface area contributed by atoms with E-state index in [2.05, 4.69) is 20.4 Å². The molecule has 2 amide bonds. The van der Waals surface area contributed by atoms with E-state index >= 15 is 0 Å². The molecule has 1 atom stereocenters. The number of anilines is 1. The average molecular weight is 445 g/mol. The Labute approximate surface area is 179 Å². The van der Waals surface area contributed by atoms with Crippen molar-refractivity contribution in [3.63, 3.8) is 0 Å². The SMILES string of the molecule is O=C1Cc2ccc(C(=O)N[C@@H](c3ccc(OC(F)(F)F)cc3)c3ncccc3F)cc2N1. The maximum Gasteiger partial charge on any atom is 0.573 e. The van der Waals surface area contributed by atoms with Crippen molar-refractivity contribution in [2.24, 2.45) is 0 Å². The third kappa shape index (κ3) is 4.69. The van der Waals surface area contributed by atoms with Gasteiger partial charge in [0.15, 0.2) is 0 Å². The van der Waals surface area contributed by atoms with Crippen LogP contribution >= 0.6 is 0 Å². The smallest absolute Gasteiger partial charge is 0.406 e. The molecule has 2 aromatic carbocycles. The monoisotopic (exact) mass is 445 g/mol. The number of alkyl halides is 3. The molecule has 2 N–H and O–H groups in total. The molecule has 164 valence electrons. The molecule has 6 nitrogen and oxygen atoms in total. The normalized spacial score (nSPS) is 13.8. The molecule has 1 aliphatic rings. The van der Waals surface area contributed by atoms with Gasteiger partial charge in [0.1, 0.15) is 17.3 Å². The minimum Gasteiger partial charge on any atom is -0.406 e. The van der Waals surface area contributed by atoms with Gasteiger partial charge >= 0.3 is 6.36 Å². The predicted molar refractivity (Wildman–Crippen MR) is 105 cm³/mol. The zero-order chi connectivity index (χ0) is 22.9. The lowest BCUT2D eigenvalue weighted by atomic mass is 10.0. The van der Waals surface area contributed by atoms with Gasteiger partial charge in [0.2, 0.25) is 5.91 Å². The average Bonchev–Trinajstić information content (AvgIpc) is 3.11. The van der Waals surface area contributed by atoms with Crippen LogP contribution in [0.25, 0.3) is 0 Å². The number of nitrogens with one attached hydrogen (secondary N) is 2. The Bertz CT molecular complexity index is 1180. The Kier molecular flexibility index (Phi) is 5.52. The third-order valence-corrected chi connectivity index (χ3v) is 4.78. The Morgan fingerprint density at radius 2 is 1.88 bits per heavy atom. The number of hydrogen-bond acceptors (Lipinski definition) is 4. The summed E-state index contributed by atoms with van der Waals surface area (Å²) in [5.41, 5.74) is 1.65. The van der Waals surface area contributed by atoms with Crippen LogP contribution in [0.5, 0.6) is 5.75 Å². The fourth-order valence-electron chi connectivity index (χ4n) is 3.35. The van der Waals surface area contributed by atoms with E-state index in [1.165, 1.54) is 36.5 Å². The predicted octanol–water partition coefficient (Wildman–Crippen LogP) is 4.13. The van der Waals surface area contributed by atoms with E-state index in [-0.39, 0.29) is 23.6 Å². The van der Waals surface area contributed by atoms with E-state index in [0.717, 1.165) is 23.8 Å². The minimum atomic E-state index is -4.86. The van der Waals surface area contributed by atoms with Crippen molar-refractivity contribution >= 4 is 17.5 Å². The number of pyridine rings is 1. The molecule has 0 spiro atoms. The molecule has 0 unspecified atom stereocenters. The number of carbonyl (C=O) groups is 2. The number of rotatable bonds is 5. The zero-order valence-corrected chi connectivity index (χ0v) is 16.2. The molecule has 0 fully saturated rings. The van der Waals surface area contributed by atoms with Gasteiger partial charge in [0, 0.05) is 17.4 Å². The topological polar surface area (TPSA) is 80.3 Å². The van der Waals surface area contributed by atoms with Crippen LogP contribution in [0.4, 0.5) is 23.2 Å². The van der Waals surface area contributed by atoms with Crippen molar-refractivity contribution < 1.29 is 31.9 Å². The van der Waals surface area contributed by atoms with E-state index < -0.39 is 29.9 Å². The van der Waals surface area contributed by atoms with E-state index in [1.807, 2.05) is 0 Å². The maximum atomic E-state index is 14.5. The second-order valence-electron chi connectivity index (χ2n) is 6.99. The maximum absolute atomic E-state index is 14.5. The van der Waals surface area contributed by atoms with Crippen molar-refractivity contribution in [1.82, 2.24) is 10.3 Å². The Balaban J connectivity index is 1.64. The van der Waals surface area contributed by atoms with E-state index in [0.29, 0.717) is 11.3 Å². The number of hydrogen-bond donors (Lipinski definition) is 2. The summed E-state index contributed by atoms with van der Waals surface area (Å²) >= 11 is 0. The lowest BCUT2D eigenvalue weighted by Gasteiger charge is -2.20. The highest BCUT2D eigenvalue weighted by Gasteiger charge is 2.31. The van der Waals surface area contributed by atoms with E-state index in [4.69, 9.17) is 0 Å². The first-order valence-electron chi connectivity index (χ1n) is 9.39. The summed E-state index contributed by atoms with van der Waals surface area (Å²) in [4.78, 5) is 28.4. The minimum absolute atomic E-state index is 0.111. The van der Waals surface area contributed by atoms with Crippen molar-refractivity contribution in [2.45, 2.75) is 18.8 Å². The second-order valence-corrected chi connectivity index (χ2v) is 6.99. The van der Waals surface area contributed by atoms with Crippen molar-refractivity contribution in [1.29, 1.82) is 0 Å². The second kappa shape index (κ2) is 8.29. The van der Waals surface area contributed by atoms with Gasteiger partial charge < -0.3 is 15.4 Å². The molecule has 0 saturated carbocycles. The summed E-state index contributed by atoms with van der Waals surface area (Å²) in [6.45, 7) is 0. The Morgan fingerprint density at radius 1 is 1.12 bits per heavy atom. The first-order chi connectivity index (χ1) is 15.2. The lowest BCUT2D eigenvalue weighted by Crippen LogP contribution is -2.30. The molecule has 2 heterocycles. The highest BCUT2D eigenvalue weighted by atomic mass is 19.4. The molecule has 1 aromatic heterocycles. The number of benzene rings is 2. The van der Waals surface area contributed by atoms with Crippen LogP contribution < -0.4 is 15.4 Å².